The van der Waals surface area contributed by atoms with Gasteiger partial charge in [0.05, 0.1) is 32.9 Å². The third-order valence-corrected chi connectivity index (χ3v) is 1.59. The van der Waals surface area contributed by atoms with Crippen molar-refractivity contribution in [2.24, 2.45) is 0 Å². The van der Waals surface area contributed by atoms with Gasteiger partial charge in [0.2, 0.25) is 0 Å². The Kier molecular flexibility index (Phi) is 3.45. The average Bonchev–Trinajstić information content (AvgIpc) is 2.53. The van der Waals surface area contributed by atoms with Gasteiger partial charge in [-0.2, -0.15) is 5.10 Å². The second kappa shape index (κ2) is 4.61. The molecular weight excluding hydrogens is 172 g/mol. The predicted octanol–water partition coefficient (Wildman–Crippen LogP) is -0.409. The molecule has 72 valence electrons. The van der Waals surface area contributed by atoms with Crippen LogP contribution < -0.4 is 0 Å². The lowest BCUT2D eigenvalue weighted by Gasteiger charge is -1.95. The van der Waals surface area contributed by atoms with Gasteiger partial charge in [0.25, 0.3) is 0 Å². The van der Waals surface area contributed by atoms with Gasteiger partial charge in [-0.25, -0.2) is 0 Å². The minimum absolute atomic E-state index is 0.0410. The molecule has 1 rings (SSSR count). The lowest BCUT2D eigenvalue weighted by molar-refractivity contribution is -0.139. The van der Waals surface area contributed by atoms with Crippen LogP contribution in [0.25, 0.3) is 0 Å². The van der Waals surface area contributed by atoms with Crippen LogP contribution in [0.2, 0.25) is 0 Å². The van der Waals surface area contributed by atoms with Crippen LogP contribution in [0.5, 0.6) is 0 Å². The molecule has 1 aromatic heterocycles. The van der Waals surface area contributed by atoms with Crippen molar-refractivity contribution in [1.29, 1.82) is 0 Å². The fourth-order valence-electron chi connectivity index (χ4n) is 0.961. The lowest BCUT2D eigenvalue weighted by atomic mass is 10.3. The number of nitrogens with zero attached hydrogens (tertiary/aromatic N) is 2. The molecule has 0 spiro atoms. The Labute approximate surface area is 75.9 Å². The quantitative estimate of drug-likeness (QED) is 0.646. The van der Waals surface area contributed by atoms with Gasteiger partial charge in [-0.15, -0.1) is 0 Å². The summed E-state index contributed by atoms with van der Waals surface area (Å²) >= 11 is 0. The molecule has 0 saturated carbocycles. The van der Waals surface area contributed by atoms with Crippen molar-refractivity contribution < 1.29 is 14.6 Å². The molecule has 0 aliphatic carbocycles. The maximum absolute atomic E-state index is 10.8. The summed E-state index contributed by atoms with van der Waals surface area (Å²) in [5.74, 6) is -0.288. The second-order valence-corrected chi connectivity index (χ2v) is 2.59. The number of methoxy groups -OCH3 is 1. The maximum Gasteiger partial charge on any atom is 0.310 e. The van der Waals surface area contributed by atoms with E-state index in [9.17, 15) is 4.79 Å². The van der Waals surface area contributed by atoms with Crippen molar-refractivity contribution >= 4 is 5.97 Å². The summed E-state index contributed by atoms with van der Waals surface area (Å²) in [7, 11) is 1.35. The number of aliphatic hydroxyl groups is 1. The van der Waals surface area contributed by atoms with E-state index in [2.05, 4.69) is 9.84 Å². The normalized spacial score (nSPS) is 10.0. The summed E-state index contributed by atoms with van der Waals surface area (Å²) in [4.78, 5) is 10.8. The SMILES string of the molecule is COC(=O)Cc1cnn(CCO)c1. The number of rotatable bonds is 4. The van der Waals surface area contributed by atoms with Gasteiger partial charge in [0, 0.05) is 11.8 Å². The van der Waals surface area contributed by atoms with Crippen LogP contribution in [0.1, 0.15) is 5.56 Å². The Morgan fingerprint density at radius 2 is 2.54 bits per heavy atom. The molecular formula is C8H12N2O3. The van der Waals surface area contributed by atoms with Crippen LogP contribution >= 0.6 is 0 Å². The van der Waals surface area contributed by atoms with E-state index < -0.39 is 0 Å². The molecule has 13 heavy (non-hydrogen) atoms. The highest BCUT2D eigenvalue weighted by atomic mass is 16.5. The molecule has 0 aliphatic rings. The molecule has 1 N–H and O–H groups in total. The van der Waals surface area contributed by atoms with Crippen molar-refractivity contribution in [2.45, 2.75) is 13.0 Å². The molecule has 5 nitrogen and oxygen atoms in total. The third-order valence-electron chi connectivity index (χ3n) is 1.59. The summed E-state index contributed by atoms with van der Waals surface area (Å²) in [5.41, 5.74) is 0.792. The van der Waals surface area contributed by atoms with Crippen LogP contribution in [0.4, 0.5) is 0 Å². The van der Waals surface area contributed by atoms with Gasteiger partial charge in [-0.1, -0.05) is 0 Å². The summed E-state index contributed by atoms with van der Waals surface area (Å²) in [6.45, 7) is 0.487. The molecule has 5 heteroatoms. The molecule has 1 aromatic rings. The maximum atomic E-state index is 10.8. The highest BCUT2D eigenvalue weighted by Gasteiger charge is 2.04. The van der Waals surface area contributed by atoms with E-state index in [1.165, 1.54) is 7.11 Å². The van der Waals surface area contributed by atoms with E-state index in [4.69, 9.17) is 5.11 Å². The van der Waals surface area contributed by atoms with E-state index in [-0.39, 0.29) is 19.0 Å². The summed E-state index contributed by atoms with van der Waals surface area (Å²) in [6.07, 6.45) is 3.53. The predicted molar refractivity (Wildman–Crippen MR) is 45.0 cm³/mol. The van der Waals surface area contributed by atoms with E-state index in [0.29, 0.717) is 6.54 Å². The summed E-state index contributed by atoms with van der Waals surface area (Å²) in [6, 6.07) is 0. The summed E-state index contributed by atoms with van der Waals surface area (Å²) < 4.78 is 6.08. The van der Waals surface area contributed by atoms with E-state index in [1.807, 2.05) is 0 Å². The van der Waals surface area contributed by atoms with Crippen molar-refractivity contribution in [2.75, 3.05) is 13.7 Å². The van der Waals surface area contributed by atoms with Gasteiger partial charge in [0.15, 0.2) is 0 Å². The fraction of sp³-hybridized carbons (Fsp3) is 0.500. The Bertz CT molecular complexity index is 283. The number of carbonyl (C=O) groups is 1. The zero-order valence-electron chi connectivity index (χ0n) is 7.43. The number of esters is 1. The van der Waals surface area contributed by atoms with Crippen LogP contribution in [-0.4, -0.2) is 34.6 Å². The van der Waals surface area contributed by atoms with Gasteiger partial charge >= 0.3 is 5.97 Å². The average molecular weight is 184 g/mol. The van der Waals surface area contributed by atoms with Crippen LogP contribution in [0, 0.1) is 0 Å². The van der Waals surface area contributed by atoms with Crippen LogP contribution in [0.15, 0.2) is 12.4 Å². The largest absolute Gasteiger partial charge is 0.469 e. The molecule has 0 saturated heterocycles. The molecule has 0 amide bonds. The number of hydrogen-bond donors (Lipinski definition) is 1. The third kappa shape index (κ3) is 2.87. The second-order valence-electron chi connectivity index (χ2n) is 2.59. The molecule has 0 radical (unpaired) electrons. The zero-order chi connectivity index (χ0) is 9.68. The summed E-state index contributed by atoms with van der Waals surface area (Å²) in [5, 5.41) is 12.5. The van der Waals surface area contributed by atoms with E-state index in [1.54, 1.807) is 17.1 Å². The first-order chi connectivity index (χ1) is 6.26. The Hall–Kier alpha value is -1.36. The number of aliphatic hydroxyl groups excluding tert-OH is 1. The van der Waals surface area contributed by atoms with Crippen LogP contribution in [0.3, 0.4) is 0 Å². The molecule has 0 aromatic carbocycles. The van der Waals surface area contributed by atoms with Crippen LogP contribution in [-0.2, 0) is 22.5 Å². The monoisotopic (exact) mass is 184 g/mol. The highest BCUT2D eigenvalue weighted by molar-refractivity contribution is 5.72. The van der Waals surface area contributed by atoms with E-state index in [0.717, 1.165) is 5.56 Å². The van der Waals surface area contributed by atoms with Crippen molar-refractivity contribution in [3.63, 3.8) is 0 Å². The molecule has 0 aliphatic heterocycles. The first kappa shape index (κ1) is 9.73. The molecule has 0 unspecified atom stereocenters. The fourth-order valence-corrected chi connectivity index (χ4v) is 0.961. The van der Waals surface area contributed by atoms with E-state index >= 15 is 0 Å². The molecule has 0 fully saturated rings. The minimum Gasteiger partial charge on any atom is -0.469 e. The van der Waals surface area contributed by atoms with Crippen molar-refractivity contribution in [3.8, 4) is 0 Å². The van der Waals surface area contributed by atoms with Gasteiger partial charge < -0.3 is 9.84 Å². The van der Waals surface area contributed by atoms with Crippen molar-refractivity contribution in [3.05, 3.63) is 18.0 Å². The zero-order valence-corrected chi connectivity index (χ0v) is 7.43. The Morgan fingerprint density at radius 1 is 1.77 bits per heavy atom. The standard InChI is InChI=1S/C8H12N2O3/c1-13-8(12)4-7-5-9-10(6-7)2-3-11/h5-6,11H,2-4H2,1H3. The molecule has 0 atom stereocenters. The smallest absolute Gasteiger partial charge is 0.310 e. The highest BCUT2D eigenvalue weighted by Crippen LogP contribution is 1.99. The van der Waals surface area contributed by atoms with Crippen molar-refractivity contribution in [1.82, 2.24) is 9.78 Å². The molecule has 1 heterocycles. The van der Waals surface area contributed by atoms with Gasteiger partial charge in [-0.3, -0.25) is 9.48 Å². The number of aromatic nitrogens is 2. The van der Waals surface area contributed by atoms with Gasteiger partial charge in [0.1, 0.15) is 0 Å². The lowest BCUT2D eigenvalue weighted by Crippen LogP contribution is -2.04. The first-order valence-corrected chi connectivity index (χ1v) is 3.95. The topological polar surface area (TPSA) is 64.3 Å². The van der Waals surface area contributed by atoms with Gasteiger partial charge in [-0.05, 0) is 0 Å². The number of hydrogen-bond acceptors (Lipinski definition) is 4. The number of carbonyl (C=O) groups excluding carboxylic acids is 1. The minimum atomic E-state index is -0.288. The number of ether oxygens (including phenoxy) is 1. The molecule has 0 bridgehead atoms. The Morgan fingerprint density at radius 3 is 3.15 bits per heavy atom. The first-order valence-electron chi connectivity index (χ1n) is 3.95. The Balaban J connectivity index is 2.53.